The van der Waals surface area contributed by atoms with E-state index in [0.717, 1.165) is 11.8 Å². The highest BCUT2D eigenvalue weighted by molar-refractivity contribution is 7.10. The molecule has 0 radical (unpaired) electrons. The van der Waals surface area contributed by atoms with Crippen molar-refractivity contribution in [3.05, 3.63) is 43.8 Å². The molecule has 1 aliphatic rings. The van der Waals surface area contributed by atoms with Crippen LogP contribution in [0.15, 0.2) is 22.9 Å². The molecule has 2 heterocycles. The standard InChI is InChI=1S/C15H18S2/c1-10-12(6-8-16-10)14-4-3-5-15(14)13-7-9-17-11(13)2/h6-9,14-15H,3-5H2,1-2H3. The summed E-state index contributed by atoms with van der Waals surface area (Å²) < 4.78 is 0. The van der Waals surface area contributed by atoms with E-state index in [-0.39, 0.29) is 0 Å². The van der Waals surface area contributed by atoms with Crippen LogP contribution in [0.4, 0.5) is 0 Å². The first-order chi connectivity index (χ1) is 8.27. The zero-order valence-corrected chi connectivity index (χ0v) is 12.0. The molecule has 1 saturated carbocycles. The van der Waals surface area contributed by atoms with Gasteiger partial charge in [-0.2, -0.15) is 0 Å². The Morgan fingerprint density at radius 1 is 0.882 bits per heavy atom. The van der Waals surface area contributed by atoms with Crippen molar-refractivity contribution in [2.75, 3.05) is 0 Å². The summed E-state index contributed by atoms with van der Waals surface area (Å²) in [7, 11) is 0. The van der Waals surface area contributed by atoms with Crippen LogP contribution in [-0.2, 0) is 0 Å². The molecule has 0 bridgehead atoms. The van der Waals surface area contributed by atoms with Crippen LogP contribution in [-0.4, -0.2) is 0 Å². The maximum atomic E-state index is 2.35. The lowest BCUT2D eigenvalue weighted by atomic mass is 9.84. The van der Waals surface area contributed by atoms with Gasteiger partial charge in [0, 0.05) is 9.75 Å². The Morgan fingerprint density at radius 2 is 1.35 bits per heavy atom. The average Bonchev–Trinajstić information content (AvgIpc) is 2.97. The van der Waals surface area contributed by atoms with Gasteiger partial charge in [0.05, 0.1) is 0 Å². The fourth-order valence-electron chi connectivity index (χ4n) is 3.26. The van der Waals surface area contributed by atoms with E-state index in [1.807, 2.05) is 22.7 Å². The summed E-state index contributed by atoms with van der Waals surface area (Å²) in [5.74, 6) is 1.55. The van der Waals surface area contributed by atoms with Gasteiger partial charge in [0.25, 0.3) is 0 Å². The molecular weight excluding hydrogens is 244 g/mol. The Labute approximate surface area is 111 Å². The van der Waals surface area contributed by atoms with E-state index < -0.39 is 0 Å². The summed E-state index contributed by atoms with van der Waals surface area (Å²) in [4.78, 5) is 3.05. The van der Waals surface area contributed by atoms with Crippen LogP contribution in [0.3, 0.4) is 0 Å². The molecular formula is C15H18S2. The number of hydrogen-bond acceptors (Lipinski definition) is 2. The normalized spacial score (nSPS) is 24.4. The van der Waals surface area contributed by atoms with Gasteiger partial charge in [-0.3, -0.25) is 0 Å². The van der Waals surface area contributed by atoms with Gasteiger partial charge >= 0.3 is 0 Å². The first-order valence-corrected chi connectivity index (χ1v) is 8.11. The molecule has 17 heavy (non-hydrogen) atoms. The highest BCUT2D eigenvalue weighted by Crippen LogP contribution is 2.48. The van der Waals surface area contributed by atoms with Crippen LogP contribution in [0.1, 0.15) is 52.0 Å². The molecule has 1 fully saturated rings. The van der Waals surface area contributed by atoms with Gasteiger partial charge in [0.1, 0.15) is 0 Å². The molecule has 0 spiro atoms. The van der Waals surface area contributed by atoms with E-state index in [1.165, 1.54) is 29.0 Å². The predicted molar refractivity (Wildman–Crippen MR) is 77.4 cm³/mol. The predicted octanol–water partition coefficient (Wildman–Crippen LogP) is 5.48. The second-order valence-electron chi connectivity index (χ2n) is 5.01. The van der Waals surface area contributed by atoms with E-state index in [2.05, 4.69) is 36.7 Å². The molecule has 2 aromatic heterocycles. The number of rotatable bonds is 2. The van der Waals surface area contributed by atoms with E-state index >= 15 is 0 Å². The van der Waals surface area contributed by atoms with Crippen LogP contribution < -0.4 is 0 Å². The molecule has 3 rings (SSSR count). The third-order valence-electron chi connectivity index (χ3n) is 4.11. The Balaban J connectivity index is 1.96. The maximum Gasteiger partial charge on any atom is 0.00492 e. The van der Waals surface area contributed by atoms with Crippen molar-refractivity contribution in [3.8, 4) is 0 Å². The Hall–Kier alpha value is -0.600. The van der Waals surface area contributed by atoms with Crippen LogP contribution in [0.25, 0.3) is 0 Å². The first-order valence-electron chi connectivity index (χ1n) is 6.35. The summed E-state index contributed by atoms with van der Waals surface area (Å²) in [6, 6.07) is 4.70. The van der Waals surface area contributed by atoms with E-state index in [9.17, 15) is 0 Å². The van der Waals surface area contributed by atoms with E-state index in [1.54, 1.807) is 11.1 Å². The Bertz CT molecular complexity index is 460. The van der Waals surface area contributed by atoms with E-state index in [0.29, 0.717) is 0 Å². The maximum absolute atomic E-state index is 2.35. The zero-order chi connectivity index (χ0) is 11.8. The molecule has 2 atom stereocenters. The second kappa shape index (κ2) is 4.58. The van der Waals surface area contributed by atoms with Crippen molar-refractivity contribution in [3.63, 3.8) is 0 Å². The molecule has 2 aromatic rings. The van der Waals surface area contributed by atoms with Gasteiger partial charge in [-0.05, 0) is 72.5 Å². The molecule has 0 aromatic carbocycles. The summed E-state index contributed by atoms with van der Waals surface area (Å²) in [5.41, 5.74) is 3.23. The minimum Gasteiger partial charge on any atom is -0.149 e. The monoisotopic (exact) mass is 262 g/mol. The Morgan fingerprint density at radius 3 is 1.71 bits per heavy atom. The number of aryl methyl sites for hydroxylation is 2. The molecule has 0 aliphatic heterocycles. The van der Waals surface area contributed by atoms with Crippen molar-refractivity contribution in [1.82, 2.24) is 0 Å². The van der Waals surface area contributed by atoms with Crippen LogP contribution >= 0.6 is 22.7 Å². The van der Waals surface area contributed by atoms with Crippen molar-refractivity contribution in [2.45, 2.75) is 44.9 Å². The summed E-state index contributed by atoms with van der Waals surface area (Å²) in [6.45, 7) is 4.55. The minimum absolute atomic E-state index is 0.773. The molecule has 0 nitrogen and oxygen atoms in total. The fourth-order valence-corrected chi connectivity index (χ4v) is 4.81. The molecule has 1 aliphatic carbocycles. The van der Waals surface area contributed by atoms with Crippen LogP contribution in [0.2, 0.25) is 0 Å². The number of thiophene rings is 2. The summed E-state index contributed by atoms with van der Waals surface area (Å²) in [5, 5.41) is 4.50. The fraction of sp³-hybridized carbons (Fsp3) is 0.467. The van der Waals surface area contributed by atoms with Crippen LogP contribution in [0.5, 0.6) is 0 Å². The van der Waals surface area contributed by atoms with Crippen molar-refractivity contribution in [1.29, 1.82) is 0 Å². The minimum atomic E-state index is 0.773. The van der Waals surface area contributed by atoms with Crippen LogP contribution in [0, 0.1) is 13.8 Å². The van der Waals surface area contributed by atoms with Crippen molar-refractivity contribution < 1.29 is 0 Å². The summed E-state index contributed by atoms with van der Waals surface area (Å²) in [6.07, 6.45) is 4.13. The topological polar surface area (TPSA) is 0 Å². The Kier molecular flexibility index (Phi) is 3.10. The van der Waals surface area contributed by atoms with E-state index in [4.69, 9.17) is 0 Å². The molecule has 2 heteroatoms. The smallest absolute Gasteiger partial charge is 0.00492 e. The highest BCUT2D eigenvalue weighted by Gasteiger charge is 2.32. The lowest BCUT2D eigenvalue weighted by molar-refractivity contribution is 0.622. The van der Waals surface area contributed by atoms with Gasteiger partial charge in [0.15, 0.2) is 0 Å². The third kappa shape index (κ3) is 1.98. The van der Waals surface area contributed by atoms with Gasteiger partial charge in [-0.25, -0.2) is 0 Å². The van der Waals surface area contributed by atoms with Gasteiger partial charge in [-0.15, -0.1) is 22.7 Å². The highest BCUT2D eigenvalue weighted by atomic mass is 32.1. The molecule has 0 amide bonds. The average molecular weight is 262 g/mol. The quantitative estimate of drug-likeness (QED) is 0.672. The first kappa shape index (κ1) is 11.5. The van der Waals surface area contributed by atoms with Gasteiger partial charge in [0.2, 0.25) is 0 Å². The zero-order valence-electron chi connectivity index (χ0n) is 10.4. The second-order valence-corrected chi connectivity index (χ2v) is 7.25. The molecule has 90 valence electrons. The molecule has 0 N–H and O–H groups in total. The van der Waals surface area contributed by atoms with Gasteiger partial charge in [-0.1, -0.05) is 6.42 Å². The van der Waals surface area contributed by atoms with Crippen molar-refractivity contribution >= 4 is 22.7 Å². The largest absolute Gasteiger partial charge is 0.149 e. The SMILES string of the molecule is Cc1sccc1C1CCCC1c1ccsc1C. The third-order valence-corrected chi connectivity index (χ3v) is 5.84. The molecule has 0 saturated heterocycles. The number of hydrogen-bond donors (Lipinski definition) is 0. The lowest BCUT2D eigenvalue weighted by Gasteiger charge is -2.20. The van der Waals surface area contributed by atoms with Crippen molar-refractivity contribution in [2.24, 2.45) is 0 Å². The summed E-state index contributed by atoms with van der Waals surface area (Å²) >= 11 is 3.79. The lowest BCUT2D eigenvalue weighted by Crippen LogP contribution is -2.05. The van der Waals surface area contributed by atoms with Gasteiger partial charge < -0.3 is 0 Å². The molecule has 2 unspecified atom stereocenters.